The van der Waals surface area contributed by atoms with Crippen molar-refractivity contribution in [1.29, 1.82) is 0 Å². The number of carboxylic acid groups (broad SMARTS) is 2. The molecule has 150 valence electrons. The Morgan fingerprint density at radius 3 is 2.52 bits per heavy atom. The van der Waals surface area contributed by atoms with Crippen LogP contribution in [-0.4, -0.2) is 43.3 Å². The van der Waals surface area contributed by atoms with Crippen LogP contribution in [-0.2, 0) is 14.4 Å². The molecule has 0 spiro atoms. The van der Waals surface area contributed by atoms with E-state index in [1.807, 2.05) is 24.3 Å². The van der Waals surface area contributed by atoms with Crippen molar-refractivity contribution >= 4 is 68.2 Å². The summed E-state index contributed by atoms with van der Waals surface area (Å²) in [6.45, 7) is 0. The number of hydrogen-bond acceptors (Lipinski definition) is 6. The zero-order valence-electron chi connectivity index (χ0n) is 14.7. The van der Waals surface area contributed by atoms with Gasteiger partial charge in [-0.15, -0.1) is 0 Å². The van der Waals surface area contributed by atoms with Gasteiger partial charge in [-0.1, -0.05) is 52.0 Å². The molecule has 0 bridgehead atoms. The Morgan fingerprint density at radius 2 is 1.90 bits per heavy atom. The molecule has 1 fully saturated rings. The number of hydrogen-bond donors (Lipinski definition) is 2. The fraction of sp³-hybridized carbons (Fsp3) is 0.158. The van der Waals surface area contributed by atoms with Crippen molar-refractivity contribution in [3.63, 3.8) is 0 Å². The van der Waals surface area contributed by atoms with Gasteiger partial charge in [-0.2, -0.15) is 0 Å². The van der Waals surface area contributed by atoms with E-state index in [0.717, 1.165) is 26.7 Å². The molecule has 2 heterocycles. The van der Waals surface area contributed by atoms with Crippen molar-refractivity contribution in [1.82, 2.24) is 4.90 Å². The van der Waals surface area contributed by atoms with Crippen molar-refractivity contribution in [3.05, 3.63) is 51.5 Å². The van der Waals surface area contributed by atoms with Gasteiger partial charge in [0.15, 0.2) is 0 Å². The highest BCUT2D eigenvalue weighted by atomic mass is 79.9. The Labute approximate surface area is 183 Å². The Kier molecular flexibility index (Phi) is 6.56. The maximum absolute atomic E-state index is 12.7. The van der Waals surface area contributed by atoms with E-state index < -0.39 is 23.9 Å². The Bertz CT molecular complexity index is 1010. The van der Waals surface area contributed by atoms with Crippen molar-refractivity contribution in [2.24, 2.45) is 0 Å². The molecule has 1 aliphatic rings. The average Bonchev–Trinajstić information content (AvgIpc) is 3.22. The molecule has 3 rings (SSSR count). The lowest BCUT2D eigenvalue weighted by atomic mass is 10.1. The number of amides is 1. The zero-order chi connectivity index (χ0) is 21.1. The van der Waals surface area contributed by atoms with Gasteiger partial charge in [-0.05, 0) is 30.7 Å². The van der Waals surface area contributed by atoms with Crippen LogP contribution in [0.15, 0.2) is 50.2 Å². The largest absolute Gasteiger partial charge is 0.481 e. The molecule has 1 aliphatic heterocycles. The third kappa shape index (κ3) is 4.95. The molecule has 1 amide bonds. The van der Waals surface area contributed by atoms with E-state index in [1.54, 1.807) is 12.1 Å². The number of carbonyl (C=O) groups excluding carboxylic acids is 1. The van der Waals surface area contributed by atoms with Crippen LogP contribution in [0.3, 0.4) is 0 Å². The van der Waals surface area contributed by atoms with Gasteiger partial charge in [-0.25, -0.2) is 4.79 Å². The van der Waals surface area contributed by atoms with Crippen LogP contribution in [0.5, 0.6) is 0 Å². The number of rotatable bonds is 7. The third-order valence-electron chi connectivity index (χ3n) is 4.08. The van der Waals surface area contributed by atoms with E-state index in [4.69, 9.17) is 21.7 Å². The Morgan fingerprint density at radius 1 is 1.21 bits per heavy atom. The summed E-state index contributed by atoms with van der Waals surface area (Å²) in [5.74, 6) is -2.00. The van der Waals surface area contributed by atoms with Crippen molar-refractivity contribution in [2.45, 2.75) is 18.9 Å². The number of halogens is 1. The van der Waals surface area contributed by atoms with Gasteiger partial charge in [0.05, 0.1) is 4.91 Å². The number of thiocarbonyl (C=S) groups is 1. The first-order valence-corrected chi connectivity index (χ1v) is 10.4. The second-order valence-electron chi connectivity index (χ2n) is 6.05. The normalized spacial score (nSPS) is 16.4. The summed E-state index contributed by atoms with van der Waals surface area (Å²) in [5.41, 5.74) is 0.861. The molecule has 7 nitrogen and oxygen atoms in total. The molecule has 10 heteroatoms. The number of benzene rings is 1. The maximum atomic E-state index is 12.7. The van der Waals surface area contributed by atoms with Gasteiger partial charge in [0.25, 0.3) is 5.91 Å². The highest BCUT2D eigenvalue weighted by Crippen LogP contribution is 2.35. The molecule has 1 atom stereocenters. The first kappa shape index (κ1) is 21.3. The van der Waals surface area contributed by atoms with Gasteiger partial charge in [0, 0.05) is 22.5 Å². The minimum Gasteiger partial charge on any atom is -0.481 e. The Hall–Kier alpha value is -2.43. The number of carboxylic acids is 2. The average molecular weight is 496 g/mol. The molecule has 1 saturated heterocycles. The van der Waals surface area contributed by atoms with Crippen LogP contribution in [0.25, 0.3) is 17.4 Å². The monoisotopic (exact) mass is 495 g/mol. The van der Waals surface area contributed by atoms with E-state index in [0.29, 0.717) is 11.5 Å². The van der Waals surface area contributed by atoms with E-state index >= 15 is 0 Å². The molecule has 0 unspecified atom stereocenters. The highest BCUT2D eigenvalue weighted by molar-refractivity contribution is 9.10. The first-order valence-electron chi connectivity index (χ1n) is 8.33. The van der Waals surface area contributed by atoms with Crippen LogP contribution in [0.1, 0.15) is 18.6 Å². The topological polar surface area (TPSA) is 108 Å². The molecule has 1 aromatic carbocycles. The van der Waals surface area contributed by atoms with E-state index in [-0.39, 0.29) is 22.1 Å². The SMILES string of the molecule is O=C(O)CC[C@H](C(=O)O)N1C(=O)/C(=C\c2ccc(-c3ccc(Br)cc3)o2)SC1=S. The summed E-state index contributed by atoms with van der Waals surface area (Å²) >= 11 is 9.49. The molecular formula is C19H14BrNO6S2. The number of carbonyl (C=O) groups is 3. The maximum Gasteiger partial charge on any atom is 0.326 e. The molecule has 0 saturated carbocycles. The quantitative estimate of drug-likeness (QED) is 0.433. The van der Waals surface area contributed by atoms with Crippen LogP contribution in [0.4, 0.5) is 0 Å². The molecule has 0 radical (unpaired) electrons. The number of furan rings is 1. The van der Waals surface area contributed by atoms with Gasteiger partial charge in [-0.3, -0.25) is 14.5 Å². The summed E-state index contributed by atoms with van der Waals surface area (Å²) in [6, 6.07) is 9.65. The van der Waals surface area contributed by atoms with E-state index in [2.05, 4.69) is 15.9 Å². The standard InChI is InChI=1S/C19H14BrNO6S2/c20-11-3-1-10(2-4-11)14-7-5-12(27-14)9-15-17(24)21(19(28)29-15)13(18(25)26)6-8-16(22)23/h1-5,7,9,13H,6,8H2,(H,22,23)(H,25,26)/b15-9+/t13-/m1/s1. The van der Waals surface area contributed by atoms with Gasteiger partial charge >= 0.3 is 11.9 Å². The molecular weight excluding hydrogens is 482 g/mol. The fourth-order valence-electron chi connectivity index (χ4n) is 2.70. The lowest BCUT2D eigenvalue weighted by molar-refractivity contribution is -0.146. The van der Waals surface area contributed by atoms with Crippen LogP contribution in [0, 0.1) is 0 Å². The second-order valence-corrected chi connectivity index (χ2v) is 8.64. The lowest BCUT2D eigenvalue weighted by Crippen LogP contribution is -2.44. The molecule has 2 N–H and O–H groups in total. The minimum absolute atomic E-state index is 0.0683. The van der Waals surface area contributed by atoms with Crippen molar-refractivity contribution < 1.29 is 29.0 Å². The molecule has 2 aromatic rings. The van der Waals surface area contributed by atoms with Gasteiger partial charge < -0.3 is 14.6 Å². The smallest absolute Gasteiger partial charge is 0.326 e. The highest BCUT2D eigenvalue weighted by Gasteiger charge is 2.40. The Balaban J connectivity index is 1.81. The minimum atomic E-state index is -1.33. The summed E-state index contributed by atoms with van der Waals surface area (Å²) in [6.07, 6.45) is 0.873. The summed E-state index contributed by atoms with van der Waals surface area (Å²) in [4.78, 5) is 36.2. The lowest BCUT2D eigenvalue weighted by Gasteiger charge is -2.22. The summed E-state index contributed by atoms with van der Waals surface area (Å²) in [7, 11) is 0. The summed E-state index contributed by atoms with van der Waals surface area (Å²) in [5, 5.41) is 18.2. The number of nitrogens with zero attached hydrogens (tertiary/aromatic N) is 1. The molecule has 1 aromatic heterocycles. The fourth-order valence-corrected chi connectivity index (χ4v) is 4.30. The molecule has 29 heavy (non-hydrogen) atoms. The van der Waals surface area contributed by atoms with Crippen molar-refractivity contribution in [2.75, 3.05) is 0 Å². The predicted molar refractivity (Wildman–Crippen MR) is 115 cm³/mol. The number of thioether (sulfide) groups is 1. The second kappa shape index (κ2) is 8.93. The third-order valence-corrected chi connectivity index (χ3v) is 5.94. The van der Waals surface area contributed by atoms with E-state index in [9.17, 15) is 19.5 Å². The van der Waals surface area contributed by atoms with Gasteiger partial charge in [0.1, 0.15) is 21.9 Å². The zero-order valence-corrected chi connectivity index (χ0v) is 17.9. The predicted octanol–water partition coefficient (Wildman–Crippen LogP) is 4.23. The van der Waals surface area contributed by atoms with Crippen LogP contribution in [0.2, 0.25) is 0 Å². The summed E-state index contributed by atoms with van der Waals surface area (Å²) < 4.78 is 6.77. The van der Waals surface area contributed by atoms with Crippen molar-refractivity contribution in [3.8, 4) is 11.3 Å². The van der Waals surface area contributed by atoms with E-state index in [1.165, 1.54) is 6.08 Å². The molecule has 0 aliphatic carbocycles. The van der Waals surface area contributed by atoms with Gasteiger partial charge in [0.2, 0.25) is 0 Å². The first-order chi connectivity index (χ1) is 13.8. The van der Waals surface area contributed by atoms with Crippen LogP contribution < -0.4 is 0 Å². The number of aliphatic carboxylic acids is 2. The van der Waals surface area contributed by atoms with Crippen LogP contribution >= 0.6 is 39.9 Å².